The van der Waals surface area contributed by atoms with Crippen molar-refractivity contribution in [3.63, 3.8) is 0 Å². The molecule has 0 atom stereocenters. The number of hydrogen-bond donors (Lipinski definition) is 1. The van der Waals surface area contributed by atoms with Gasteiger partial charge in [0.05, 0.1) is 33.0 Å². The molecular weight excluding hydrogens is 334 g/mol. The van der Waals surface area contributed by atoms with Gasteiger partial charge in [-0.1, -0.05) is 25.5 Å². The van der Waals surface area contributed by atoms with Crippen LogP contribution in [0.2, 0.25) is 0 Å². The summed E-state index contributed by atoms with van der Waals surface area (Å²) in [5, 5.41) is 3.31. The Morgan fingerprint density at radius 2 is 1.52 bits per heavy atom. The van der Waals surface area contributed by atoms with Gasteiger partial charge in [-0.3, -0.25) is 0 Å². The molecule has 0 heterocycles. The average Bonchev–Trinajstić information content (AvgIpc) is 2.50. The molecule has 0 saturated heterocycles. The van der Waals surface area contributed by atoms with Crippen LogP contribution in [0.15, 0.2) is 28.7 Å². The van der Waals surface area contributed by atoms with Gasteiger partial charge >= 0.3 is 0 Å². The maximum absolute atomic E-state index is 5.50. The topological polar surface area (TPSA) is 39.7 Å². The van der Waals surface area contributed by atoms with Crippen molar-refractivity contribution >= 4 is 21.6 Å². The highest BCUT2D eigenvalue weighted by molar-refractivity contribution is 9.10. The number of nitrogens with one attached hydrogen (secondary N) is 1. The Morgan fingerprint density at radius 1 is 0.905 bits per heavy atom. The van der Waals surface area contributed by atoms with Gasteiger partial charge in [-0.2, -0.15) is 0 Å². The van der Waals surface area contributed by atoms with Crippen molar-refractivity contribution in [2.45, 2.75) is 19.8 Å². The molecule has 1 aromatic rings. The molecule has 1 aromatic carbocycles. The van der Waals surface area contributed by atoms with Gasteiger partial charge < -0.3 is 19.5 Å². The van der Waals surface area contributed by atoms with Gasteiger partial charge in [0.15, 0.2) is 0 Å². The lowest BCUT2D eigenvalue weighted by Crippen LogP contribution is -2.14. The third kappa shape index (κ3) is 9.85. The predicted octanol–water partition coefficient (Wildman–Crippen LogP) is 3.71. The summed E-state index contributed by atoms with van der Waals surface area (Å²) in [6, 6.07) is 8.05. The van der Waals surface area contributed by atoms with Crippen LogP contribution in [0, 0.1) is 0 Å². The molecule has 0 radical (unpaired) electrons. The fourth-order valence-corrected chi connectivity index (χ4v) is 2.08. The quantitative estimate of drug-likeness (QED) is 0.545. The summed E-state index contributed by atoms with van der Waals surface area (Å²) in [4.78, 5) is 0. The third-order valence-corrected chi connectivity index (χ3v) is 3.51. The molecule has 0 aliphatic carbocycles. The van der Waals surface area contributed by atoms with Crippen molar-refractivity contribution in [2.24, 2.45) is 0 Å². The van der Waals surface area contributed by atoms with Crippen LogP contribution in [0.5, 0.6) is 0 Å². The molecule has 5 heteroatoms. The van der Waals surface area contributed by atoms with Crippen molar-refractivity contribution in [1.82, 2.24) is 0 Å². The SMILES string of the molecule is CCCCOCCOCCOCCNc1ccccc1Br. The van der Waals surface area contributed by atoms with E-state index in [4.69, 9.17) is 14.2 Å². The number of unbranched alkanes of at least 4 members (excludes halogenated alkanes) is 1. The number of hydrogen-bond acceptors (Lipinski definition) is 4. The molecule has 0 aliphatic heterocycles. The molecule has 21 heavy (non-hydrogen) atoms. The van der Waals surface area contributed by atoms with Crippen LogP contribution in [0.4, 0.5) is 5.69 Å². The molecule has 0 unspecified atom stereocenters. The van der Waals surface area contributed by atoms with Gasteiger partial charge in [-0.15, -0.1) is 0 Å². The molecule has 4 nitrogen and oxygen atoms in total. The van der Waals surface area contributed by atoms with Gasteiger partial charge in [-0.25, -0.2) is 0 Å². The molecule has 0 fully saturated rings. The van der Waals surface area contributed by atoms with Crippen molar-refractivity contribution in [2.75, 3.05) is 51.5 Å². The van der Waals surface area contributed by atoms with Crippen molar-refractivity contribution in [3.8, 4) is 0 Å². The molecule has 0 bridgehead atoms. The second kappa shape index (κ2) is 13.1. The minimum absolute atomic E-state index is 0.617. The van der Waals surface area contributed by atoms with E-state index < -0.39 is 0 Å². The molecule has 0 amide bonds. The summed E-state index contributed by atoms with van der Waals surface area (Å²) in [5.74, 6) is 0. The molecule has 120 valence electrons. The number of ether oxygens (including phenoxy) is 3. The van der Waals surface area contributed by atoms with Crippen LogP contribution in [0.3, 0.4) is 0 Å². The molecule has 1 rings (SSSR count). The first-order valence-electron chi connectivity index (χ1n) is 7.56. The first kappa shape index (κ1) is 18.4. The molecule has 0 aromatic heterocycles. The molecular formula is C16H26BrNO3. The van der Waals surface area contributed by atoms with E-state index in [1.165, 1.54) is 6.42 Å². The maximum Gasteiger partial charge on any atom is 0.0701 e. The Balaban J connectivity index is 1.84. The highest BCUT2D eigenvalue weighted by Gasteiger charge is 1.96. The highest BCUT2D eigenvalue weighted by atomic mass is 79.9. The lowest BCUT2D eigenvalue weighted by atomic mass is 10.3. The van der Waals surface area contributed by atoms with Crippen LogP contribution in [-0.4, -0.2) is 46.2 Å². The fourth-order valence-electron chi connectivity index (χ4n) is 1.65. The zero-order valence-corrected chi connectivity index (χ0v) is 14.4. The minimum Gasteiger partial charge on any atom is -0.382 e. The normalized spacial score (nSPS) is 10.8. The Morgan fingerprint density at radius 3 is 2.19 bits per heavy atom. The zero-order chi connectivity index (χ0) is 15.2. The van der Waals surface area contributed by atoms with Gasteiger partial charge in [0.25, 0.3) is 0 Å². The molecule has 0 saturated carbocycles. The Bertz CT molecular complexity index is 363. The van der Waals surface area contributed by atoms with Gasteiger partial charge in [-0.05, 0) is 34.5 Å². The smallest absolute Gasteiger partial charge is 0.0701 e. The van der Waals surface area contributed by atoms with Crippen molar-refractivity contribution in [3.05, 3.63) is 28.7 Å². The summed E-state index contributed by atoms with van der Waals surface area (Å²) in [7, 11) is 0. The fraction of sp³-hybridized carbons (Fsp3) is 0.625. The van der Waals surface area contributed by atoms with E-state index >= 15 is 0 Å². The summed E-state index contributed by atoms with van der Waals surface area (Å²) >= 11 is 3.49. The highest BCUT2D eigenvalue weighted by Crippen LogP contribution is 2.20. The number of rotatable bonds is 13. The first-order chi connectivity index (χ1) is 10.3. The molecule has 0 spiro atoms. The Labute approximate surface area is 136 Å². The maximum atomic E-state index is 5.50. The lowest BCUT2D eigenvalue weighted by molar-refractivity contribution is 0.0159. The van der Waals surface area contributed by atoms with E-state index in [1.807, 2.05) is 24.3 Å². The zero-order valence-electron chi connectivity index (χ0n) is 12.8. The van der Waals surface area contributed by atoms with Crippen molar-refractivity contribution in [1.29, 1.82) is 0 Å². The van der Waals surface area contributed by atoms with E-state index in [-0.39, 0.29) is 0 Å². The number of halogens is 1. The Hall–Kier alpha value is -0.620. The summed E-state index contributed by atoms with van der Waals surface area (Å²) < 4.78 is 17.4. The Kier molecular flexibility index (Phi) is 11.5. The van der Waals surface area contributed by atoms with Gasteiger partial charge in [0, 0.05) is 23.3 Å². The first-order valence-corrected chi connectivity index (χ1v) is 8.35. The number of para-hydroxylation sites is 1. The second-order valence-electron chi connectivity index (χ2n) is 4.60. The van der Waals surface area contributed by atoms with E-state index in [1.54, 1.807) is 0 Å². The minimum atomic E-state index is 0.617. The monoisotopic (exact) mass is 359 g/mol. The third-order valence-electron chi connectivity index (χ3n) is 2.82. The average molecular weight is 360 g/mol. The van der Waals surface area contributed by atoms with Crippen molar-refractivity contribution < 1.29 is 14.2 Å². The van der Waals surface area contributed by atoms with E-state index in [9.17, 15) is 0 Å². The largest absolute Gasteiger partial charge is 0.382 e. The number of benzene rings is 1. The van der Waals surface area contributed by atoms with Crippen LogP contribution in [0.1, 0.15) is 19.8 Å². The van der Waals surface area contributed by atoms with Gasteiger partial charge in [0.2, 0.25) is 0 Å². The molecule has 1 N–H and O–H groups in total. The summed E-state index contributed by atoms with van der Waals surface area (Å²) in [5.41, 5.74) is 1.08. The van der Waals surface area contributed by atoms with Crippen LogP contribution in [-0.2, 0) is 14.2 Å². The summed E-state index contributed by atoms with van der Waals surface area (Å²) in [6.45, 7) is 6.98. The van der Waals surface area contributed by atoms with E-state index in [2.05, 4.69) is 28.2 Å². The number of anilines is 1. The van der Waals surface area contributed by atoms with Crippen LogP contribution in [0.25, 0.3) is 0 Å². The summed E-state index contributed by atoms with van der Waals surface area (Å²) in [6.07, 6.45) is 2.29. The lowest BCUT2D eigenvalue weighted by Gasteiger charge is -2.09. The van der Waals surface area contributed by atoms with Gasteiger partial charge in [0.1, 0.15) is 0 Å². The molecule has 0 aliphatic rings. The van der Waals surface area contributed by atoms with E-state index in [0.29, 0.717) is 33.0 Å². The van der Waals surface area contributed by atoms with Crippen LogP contribution < -0.4 is 5.32 Å². The van der Waals surface area contributed by atoms with Crippen LogP contribution >= 0.6 is 15.9 Å². The second-order valence-corrected chi connectivity index (χ2v) is 5.45. The standard InChI is InChI=1S/C16H26BrNO3/c1-2-3-9-19-11-13-21-14-12-20-10-8-18-16-7-5-4-6-15(16)17/h4-7,18H,2-3,8-14H2,1H3. The predicted molar refractivity (Wildman–Crippen MR) is 90.0 cm³/mol. The van der Waals surface area contributed by atoms with E-state index in [0.717, 1.165) is 29.7 Å².